The second kappa shape index (κ2) is 6.18. The van der Waals surface area contributed by atoms with Gasteiger partial charge in [-0.1, -0.05) is 13.0 Å². The summed E-state index contributed by atoms with van der Waals surface area (Å²) in [5.41, 5.74) is 1.06. The number of benzene rings is 1. The lowest BCUT2D eigenvalue weighted by Crippen LogP contribution is -2.44. The van der Waals surface area contributed by atoms with Gasteiger partial charge < -0.3 is 5.32 Å². The van der Waals surface area contributed by atoms with Gasteiger partial charge in [-0.15, -0.1) is 0 Å². The van der Waals surface area contributed by atoms with E-state index < -0.39 is 18.0 Å². The Bertz CT molecular complexity index is 387. The van der Waals surface area contributed by atoms with Gasteiger partial charge in [0, 0.05) is 0 Å². The van der Waals surface area contributed by atoms with Crippen molar-refractivity contribution in [3.63, 3.8) is 0 Å². The quantitative estimate of drug-likeness (QED) is 0.800. The molecule has 102 valence electrons. The number of alkyl halides is 3. The van der Waals surface area contributed by atoms with Crippen molar-refractivity contribution in [3.05, 3.63) is 35.1 Å². The molecule has 0 fully saturated rings. The van der Waals surface area contributed by atoms with Crippen LogP contribution in [0, 0.1) is 12.7 Å². The molecule has 0 amide bonds. The van der Waals surface area contributed by atoms with Crippen molar-refractivity contribution >= 4 is 0 Å². The lowest BCUT2D eigenvalue weighted by Gasteiger charge is -2.22. The molecule has 0 bridgehead atoms. The van der Waals surface area contributed by atoms with Crippen LogP contribution in [0.3, 0.4) is 0 Å². The van der Waals surface area contributed by atoms with Gasteiger partial charge in [0.1, 0.15) is 11.9 Å². The Kier molecular flexibility index (Phi) is 5.14. The molecule has 0 aliphatic carbocycles. The Morgan fingerprint density at radius 1 is 1.28 bits per heavy atom. The molecule has 5 heteroatoms. The SMILES string of the molecule is CCCNC(Cc1cc(F)ccc1C)C(F)(F)F. The molecule has 1 aromatic rings. The first kappa shape index (κ1) is 15.0. The standard InChI is InChI=1S/C13H17F4N/c1-3-6-18-12(13(15,16)17)8-10-7-11(14)5-4-9(10)2/h4-5,7,12,18H,3,6,8H2,1-2H3. The van der Waals surface area contributed by atoms with Crippen molar-refractivity contribution in [1.82, 2.24) is 5.32 Å². The number of hydrogen-bond donors (Lipinski definition) is 1. The monoisotopic (exact) mass is 263 g/mol. The summed E-state index contributed by atoms with van der Waals surface area (Å²) in [6.45, 7) is 3.77. The summed E-state index contributed by atoms with van der Waals surface area (Å²) in [5, 5.41) is 2.46. The highest BCUT2D eigenvalue weighted by molar-refractivity contribution is 5.27. The summed E-state index contributed by atoms with van der Waals surface area (Å²) in [6, 6.07) is 2.29. The predicted octanol–water partition coefficient (Wildman–Crippen LogP) is 3.61. The molecule has 0 spiro atoms. The van der Waals surface area contributed by atoms with E-state index in [0.717, 1.165) is 0 Å². The van der Waals surface area contributed by atoms with Crippen LogP contribution in [-0.2, 0) is 6.42 Å². The molecule has 1 aromatic carbocycles. The van der Waals surface area contributed by atoms with E-state index in [1.807, 2.05) is 0 Å². The zero-order chi connectivity index (χ0) is 13.8. The van der Waals surface area contributed by atoms with Crippen molar-refractivity contribution < 1.29 is 17.6 Å². The van der Waals surface area contributed by atoms with Crippen molar-refractivity contribution in [2.24, 2.45) is 0 Å². The third-order valence-corrected chi connectivity index (χ3v) is 2.77. The van der Waals surface area contributed by atoms with Gasteiger partial charge in [0.2, 0.25) is 0 Å². The fourth-order valence-corrected chi connectivity index (χ4v) is 1.70. The smallest absolute Gasteiger partial charge is 0.306 e. The van der Waals surface area contributed by atoms with Gasteiger partial charge in [-0.05, 0) is 49.6 Å². The molecule has 1 N–H and O–H groups in total. The molecule has 0 aromatic heterocycles. The van der Waals surface area contributed by atoms with E-state index in [2.05, 4.69) is 5.32 Å². The molecule has 1 unspecified atom stereocenters. The first-order chi connectivity index (χ1) is 8.34. The molecule has 18 heavy (non-hydrogen) atoms. The molecule has 0 saturated carbocycles. The molecule has 0 heterocycles. The summed E-state index contributed by atoms with van der Waals surface area (Å²) in [4.78, 5) is 0. The third kappa shape index (κ3) is 4.29. The number of rotatable bonds is 5. The fourth-order valence-electron chi connectivity index (χ4n) is 1.70. The molecule has 0 saturated heterocycles. The molecule has 1 rings (SSSR count). The van der Waals surface area contributed by atoms with Crippen LogP contribution < -0.4 is 5.32 Å². The van der Waals surface area contributed by atoms with Crippen molar-refractivity contribution in [2.75, 3.05) is 6.54 Å². The largest absolute Gasteiger partial charge is 0.404 e. The molecular weight excluding hydrogens is 246 g/mol. The summed E-state index contributed by atoms with van der Waals surface area (Å²) >= 11 is 0. The summed E-state index contributed by atoms with van der Waals surface area (Å²) < 4.78 is 51.5. The minimum Gasteiger partial charge on any atom is -0.306 e. The van der Waals surface area contributed by atoms with Crippen molar-refractivity contribution in [3.8, 4) is 0 Å². The first-order valence-electron chi connectivity index (χ1n) is 5.89. The summed E-state index contributed by atoms with van der Waals surface area (Å²) in [5.74, 6) is -0.507. The van der Waals surface area contributed by atoms with E-state index in [1.54, 1.807) is 13.8 Å². The first-order valence-corrected chi connectivity index (χ1v) is 5.89. The van der Waals surface area contributed by atoms with Crippen LogP contribution in [0.25, 0.3) is 0 Å². The lowest BCUT2D eigenvalue weighted by molar-refractivity contribution is -0.155. The van der Waals surface area contributed by atoms with Crippen LogP contribution in [0.2, 0.25) is 0 Å². The minimum absolute atomic E-state index is 0.243. The Hall–Kier alpha value is -1.10. The van der Waals surface area contributed by atoms with E-state index in [4.69, 9.17) is 0 Å². The lowest BCUT2D eigenvalue weighted by atomic mass is 10.0. The average Bonchev–Trinajstić information content (AvgIpc) is 2.27. The molecule has 1 nitrogen and oxygen atoms in total. The molecular formula is C13H17F4N. The Morgan fingerprint density at radius 2 is 1.94 bits per heavy atom. The highest BCUT2D eigenvalue weighted by Gasteiger charge is 2.39. The van der Waals surface area contributed by atoms with Crippen LogP contribution >= 0.6 is 0 Å². The minimum atomic E-state index is -4.33. The van der Waals surface area contributed by atoms with Crippen molar-refractivity contribution in [2.45, 2.75) is 38.9 Å². The second-order valence-electron chi connectivity index (χ2n) is 4.32. The normalized spacial score (nSPS) is 13.7. The molecule has 0 radical (unpaired) electrons. The Morgan fingerprint density at radius 3 is 2.50 bits per heavy atom. The van der Waals surface area contributed by atoms with Crippen molar-refractivity contribution in [1.29, 1.82) is 0 Å². The highest BCUT2D eigenvalue weighted by Crippen LogP contribution is 2.24. The number of nitrogens with one attached hydrogen (secondary N) is 1. The van der Waals surface area contributed by atoms with E-state index in [9.17, 15) is 17.6 Å². The molecule has 1 atom stereocenters. The van der Waals surface area contributed by atoms with Gasteiger partial charge in [0.25, 0.3) is 0 Å². The number of halogens is 4. The zero-order valence-electron chi connectivity index (χ0n) is 10.4. The highest BCUT2D eigenvalue weighted by atomic mass is 19.4. The summed E-state index contributed by atoms with van der Waals surface area (Å²) in [7, 11) is 0. The fraction of sp³-hybridized carbons (Fsp3) is 0.538. The number of aryl methyl sites for hydroxylation is 1. The van der Waals surface area contributed by atoms with Gasteiger partial charge in [0.05, 0.1) is 0 Å². The van der Waals surface area contributed by atoms with E-state index in [0.29, 0.717) is 24.1 Å². The maximum Gasteiger partial charge on any atom is 0.404 e. The van der Waals surface area contributed by atoms with Crippen LogP contribution in [0.5, 0.6) is 0 Å². The van der Waals surface area contributed by atoms with Gasteiger partial charge >= 0.3 is 6.18 Å². The third-order valence-electron chi connectivity index (χ3n) is 2.77. The van der Waals surface area contributed by atoms with Crippen LogP contribution in [-0.4, -0.2) is 18.8 Å². The Labute approximate surface area is 104 Å². The van der Waals surface area contributed by atoms with Gasteiger partial charge in [-0.3, -0.25) is 0 Å². The van der Waals surface area contributed by atoms with Gasteiger partial charge in [-0.2, -0.15) is 13.2 Å². The van der Waals surface area contributed by atoms with E-state index >= 15 is 0 Å². The molecule has 0 aliphatic heterocycles. The second-order valence-corrected chi connectivity index (χ2v) is 4.32. The zero-order valence-corrected chi connectivity index (χ0v) is 10.4. The van der Waals surface area contributed by atoms with Crippen LogP contribution in [0.15, 0.2) is 18.2 Å². The Balaban J connectivity index is 2.85. The maximum atomic E-state index is 13.0. The van der Waals surface area contributed by atoms with Gasteiger partial charge in [-0.25, -0.2) is 4.39 Å². The summed E-state index contributed by atoms with van der Waals surface area (Å²) in [6.07, 6.45) is -3.95. The number of hydrogen-bond acceptors (Lipinski definition) is 1. The van der Waals surface area contributed by atoms with E-state index in [-0.39, 0.29) is 6.42 Å². The average molecular weight is 263 g/mol. The van der Waals surface area contributed by atoms with Gasteiger partial charge in [0.15, 0.2) is 0 Å². The predicted molar refractivity (Wildman–Crippen MR) is 63.0 cm³/mol. The maximum absolute atomic E-state index is 13.0. The topological polar surface area (TPSA) is 12.0 Å². The van der Waals surface area contributed by atoms with E-state index in [1.165, 1.54) is 18.2 Å². The molecule has 0 aliphatic rings. The van der Waals surface area contributed by atoms with Crippen LogP contribution in [0.1, 0.15) is 24.5 Å². The van der Waals surface area contributed by atoms with Crippen LogP contribution in [0.4, 0.5) is 17.6 Å².